The van der Waals surface area contributed by atoms with E-state index in [1.165, 1.54) is 6.21 Å². The van der Waals surface area contributed by atoms with Crippen LogP contribution in [0.15, 0.2) is 50.4 Å². The normalized spacial score (nSPS) is 13.0. The molecule has 2 aromatic carbocycles. The van der Waals surface area contributed by atoms with E-state index in [1.807, 2.05) is 0 Å². The fourth-order valence-corrected chi connectivity index (χ4v) is 4.06. The van der Waals surface area contributed by atoms with Crippen molar-refractivity contribution in [2.45, 2.75) is 0 Å². The van der Waals surface area contributed by atoms with Crippen molar-refractivity contribution in [2.24, 2.45) is 5.10 Å². The lowest BCUT2D eigenvalue weighted by Crippen LogP contribution is -2.39. The first kappa shape index (κ1) is 20.6. The molecule has 0 saturated carbocycles. The molecule has 0 spiro atoms. The van der Waals surface area contributed by atoms with Crippen molar-refractivity contribution >= 4 is 59.7 Å². The van der Waals surface area contributed by atoms with Gasteiger partial charge in [-0.2, -0.15) is 5.10 Å². The predicted molar refractivity (Wildman–Crippen MR) is 112 cm³/mol. The number of nitrogens with zero attached hydrogens (tertiary/aromatic N) is 2. The third-order valence-corrected chi connectivity index (χ3v) is 5.99. The van der Waals surface area contributed by atoms with E-state index >= 15 is 0 Å². The van der Waals surface area contributed by atoms with E-state index < -0.39 is 22.5 Å². The fraction of sp³-hybridized carbons (Fsp3) is 0.176. The second-order valence-electron chi connectivity index (χ2n) is 5.77. The predicted octanol–water partition coefficient (Wildman–Crippen LogP) is 2.86. The molecule has 0 atom stereocenters. The lowest BCUT2D eigenvalue weighted by atomic mass is 10.2. The van der Waals surface area contributed by atoms with Crippen LogP contribution in [0.3, 0.4) is 0 Å². The minimum Gasteiger partial charge on any atom is -0.454 e. The largest absolute Gasteiger partial charge is 0.454 e. The molecule has 2 aromatic rings. The lowest BCUT2D eigenvalue weighted by molar-refractivity contribution is -0.119. The highest BCUT2D eigenvalue weighted by atomic mass is 79.9. The number of benzene rings is 2. The molecule has 148 valence electrons. The fourth-order valence-electron chi connectivity index (χ4n) is 2.40. The maximum atomic E-state index is 12.2. The topological polar surface area (TPSA) is 97.3 Å². The second kappa shape index (κ2) is 8.50. The van der Waals surface area contributed by atoms with Crippen LogP contribution in [0.5, 0.6) is 11.5 Å². The van der Waals surface area contributed by atoms with E-state index in [1.54, 1.807) is 36.4 Å². The van der Waals surface area contributed by atoms with E-state index in [2.05, 4.69) is 42.4 Å². The van der Waals surface area contributed by atoms with Crippen LogP contribution in [-0.2, 0) is 14.8 Å². The summed E-state index contributed by atoms with van der Waals surface area (Å²) in [6.07, 6.45) is 2.46. The number of amides is 1. The van der Waals surface area contributed by atoms with Gasteiger partial charge in [0.25, 0.3) is 5.91 Å². The van der Waals surface area contributed by atoms with E-state index in [9.17, 15) is 13.2 Å². The highest BCUT2D eigenvalue weighted by molar-refractivity contribution is 9.10. The van der Waals surface area contributed by atoms with Crippen molar-refractivity contribution in [1.82, 2.24) is 5.43 Å². The molecule has 1 heterocycles. The van der Waals surface area contributed by atoms with Crippen LogP contribution in [0, 0.1) is 0 Å². The van der Waals surface area contributed by atoms with E-state index in [4.69, 9.17) is 9.47 Å². The number of carbonyl (C=O) groups is 1. The van der Waals surface area contributed by atoms with Crippen LogP contribution in [0.4, 0.5) is 5.69 Å². The number of halogens is 2. The third kappa shape index (κ3) is 5.03. The standard InChI is InChI=1S/C17H15Br2N3O5S/c1-28(24,25)22(13-4-2-3-12(18)6-13)9-17(23)21-20-8-11-5-15-16(7-14(11)19)27-10-26-15/h2-8H,9-10H2,1H3,(H,21,23)/b20-8-. The first-order chi connectivity index (χ1) is 13.2. The average Bonchev–Trinajstić information content (AvgIpc) is 3.06. The summed E-state index contributed by atoms with van der Waals surface area (Å²) in [6.45, 7) is -0.259. The minimum absolute atomic E-state index is 0.149. The summed E-state index contributed by atoms with van der Waals surface area (Å²) < 4.78 is 37.2. The number of hydrogen-bond donors (Lipinski definition) is 1. The first-order valence-electron chi connectivity index (χ1n) is 7.88. The Kier molecular flexibility index (Phi) is 6.26. The molecule has 0 bridgehead atoms. The number of fused-ring (bicyclic) bond motifs is 1. The van der Waals surface area contributed by atoms with Crippen molar-refractivity contribution < 1.29 is 22.7 Å². The molecule has 0 saturated heterocycles. The SMILES string of the molecule is CS(=O)(=O)N(CC(=O)N/N=C\c1cc2c(cc1Br)OCO2)c1cccc(Br)c1. The molecule has 0 unspecified atom stereocenters. The van der Waals surface area contributed by atoms with Gasteiger partial charge in [0.15, 0.2) is 11.5 Å². The van der Waals surface area contributed by atoms with Gasteiger partial charge in [0.05, 0.1) is 18.2 Å². The second-order valence-corrected chi connectivity index (χ2v) is 9.45. The van der Waals surface area contributed by atoms with Gasteiger partial charge < -0.3 is 9.47 Å². The highest BCUT2D eigenvalue weighted by Gasteiger charge is 2.21. The van der Waals surface area contributed by atoms with Gasteiger partial charge in [0.2, 0.25) is 16.8 Å². The summed E-state index contributed by atoms with van der Waals surface area (Å²) in [5, 5.41) is 3.89. The summed E-state index contributed by atoms with van der Waals surface area (Å²) in [4.78, 5) is 12.2. The van der Waals surface area contributed by atoms with Gasteiger partial charge in [-0.05, 0) is 46.3 Å². The zero-order valence-electron chi connectivity index (χ0n) is 14.6. The van der Waals surface area contributed by atoms with Crippen LogP contribution in [0.1, 0.15) is 5.56 Å². The van der Waals surface area contributed by atoms with E-state index in [0.29, 0.717) is 31.7 Å². The smallest absolute Gasteiger partial charge is 0.260 e. The molecule has 0 aromatic heterocycles. The van der Waals surface area contributed by atoms with Crippen molar-refractivity contribution in [3.63, 3.8) is 0 Å². The third-order valence-electron chi connectivity index (χ3n) is 3.67. The Morgan fingerprint density at radius 2 is 1.96 bits per heavy atom. The Morgan fingerprint density at radius 3 is 2.64 bits per heavy atom. The van der Waals surface area contributed by atoms with E-state index in [-0.39, 0.29) is 6.79 Å². The Labute approximate surface area is 178 Å². The number of ether oxygens (including phenoxy) is 2. The number of anilines is 1. The summed E-state index contributed by atoms with van der Waals surface area (Å²) in [5.74, 6) is 0.610. The lowest BCUT2D eigenvalue weighted by Gasteiger charge is -2.21. The molecule has 1 amide bonds. The number of carbonyl (C=O) groups excluding carboxylic acids is 1. The summed E-state index contributed by atoms with van der Waals surface area (Å²) in [6, 6.07) is 10.1. The molecule has 0 fully saturated rings. The molecule has 0 aliphatic carbocycles. The first-order valence-corrected chi connectivity index (χ1v) is 11.3. The molecule has 1 aliphatic rings. The molecule has 3 rings (SSSR count). The number of hydrazone groups is 1. The zero-order valence-corrected chi connectivity index (χ0v) is 18.5. The van der Waals surface area contributed by atoms with Gasteiger partial charge in [-0.15, -0.1) is 0 Å². The van der Waals surface area contributed by atoms with Crippen LogP contribution in [-0.4, -0.2) is 40.1 Å². The maximum Gasteiger partial charge on any atom is 0.260 e. The Hall–Kier alpha value is -2.11. The van der Waals surface area contributed by atoms with Crippen molar-refractivity contribution in [2.75, 3.05) is 23.9 Å². The molecule has 28 heavy (non-hydrogen) atoms. The van der Waals surface area contributed by atoms with Gasteiger partial charge in [-0.25, -0.2) is 13.8 Å². The quantitative estimate of drug-likeness (QED) is 0.455. The van der Waals surface area contributed by atoms with Crippen LogP contribution >= 0.6 is 31.9 Å². The summed E-state index contributed by atoms with van der Waals surface area (Å²) in [5.41, 5.74) is 3.37. The average molecular weight is 533 g/mol. The van der Waals surface area contributed by atoms with Crippen LogP contribution in [0.2, 0.25) is 0 Å². The highest BCUT2D eigenvalue weighted by Crippen LogP contribution is 2.36. The molecular formula is C17H15Br2N3O5S. The van der Waals surface area contributed by atoms with Crippen molar-refractivity contribution in [1.29, 1.82) is 0 Å². The Balaban J connectivity index is 1.69. The van der Waals surface area contributed by atoms with Gasteiger partial charge >= 0.3 is 0 Å². The van der Waals surface area contributed by atoms with Crippen LogP contribution in [0.25, 0.3) is 0 Å². The van der Waals surface area contributed by atoms with Gasteiger partial charge in [-0.1, -0.05) is 22.0 Å². The van der Waals surface area contributed by atoms with Gasteiger partial charge in [0, 0.05) is 14.5 Å². The number of nitrogens with one attached hydrogen (secondary N) is 1. The van der Waals surface area contributed by atoms with E-state index in [0.717, 1.165) is 10.6 Å². The molecule has 1 aliphatic heterocycles. The molecule has 11 heteroatoms. The monoisotopic (exact) mass is 531 g/mol. The molecule has 0 radical (unpaired) electrons. The number of hydrogen-bond acceptors (Lipinski definition) is 6. The molecule has 1 N–H and O–H groups in total. The Morgan fingerprint density at radius 1 is 1.25 bits per heavy atom. The number of rotatable bonds is 6. The minimum atomic E-state index is -3.66. The Bertz CT molecular complexity index is 1040. The summed E-state index contributed by atoms with van der Waals surface area (Å²) in [7, 11) is -3.66. The van der Waals surface area contributed by atoms with Gasteiger partial charge in [-0.3, -0.25) is 9.10 Å². The van der Waals surface area contributed by atoms with Gasteiger partial charge in [0.1, 0.15) is 6.54 Å². The molecular weight excluding hydrogens is 518 g/mol. The number of sulfonamides is 1. The van der Waals surface area contributed by atoms with Crippen molar-refractivity contribution in [3.05, 3.63) is 50.9 Å². The van der Waals surface area contributed by atoms with Crippen LogP contribution < -0.4 is 19.2 Å². The summed E-state index contributed by atoms with van der Waals surface area (Å²) >= 11 is 6.68. The molecule has 8 nitrogen and oxygen atoms in total. The zero-order chi connectivity index (χ0) is 20.3. The van der Waals surface area contributed by atoms with Crippen molar-refractivity contribution in [3.8, 4) is 11.5 Å². The maximum absolute atomic E-state index is 12.2.